The molecule has 0 aliphatic rings. The second kappa shape index (κ2) is 4.58. The van der Waals surface area contributed by atoms with Gasteiger partial charge >= 0.3 is 0 Å². The number of nitriles is 1. The lowest BCUT2D eigenvalue weighted by Gasteiger charge is -2.23. The lowest BCUT2D eigenvalue weighted by molar-refractivity contribution is 0.447. The van der Waals surface area contributed by atoms with Crippen LogP contribution in [0.2, 0.25) is 0 Å². The normalized spacial score (nSPS) is 12.5. The van der Waals surface area contributed by atoms with Crippen molar-refractivity contribution in [3.05, 3.63) is 0 Å². The third-order valence-corrected chi connectivity index (χ3v) is 3.61. The fraction of sp³-hybridized carbons (Fsp3) is 0.875. The highest BCUT2D eigenvalue weighted by atomic mass is 32.2. The first kappa shape index (κ1) is 12.4. The van der Waals surface area contributed by atoms with Crippen molar-refractivity contribution in [2.75, 3.05) is 5.75 Å². The molecule has 13 heavy (non-hydrogen) atoms. The first-order valence-corrected chi connectivity index (χ1v) is 6.03. The van der Waals surface area contributed by atoms with E-state index in [-0.39, 0.29) is 5.75 Å². The molecule has 0 aliphatic carbocycles. The highest BCUT2D eigenvalue weighted by Crippen LogP contribution is 2.14. The third-order valence-electron chi connectivity index (χ3n) is 2.15. The summed E-state index contributed by atoms with van der Waals surface area (Å²) in [5.74, 6) is 0.0103. The number of hydrogen-bond acceptors (Lipinski definition) is 3. The van der Waals surface area contributed by atoms with Crippen LogP contribution >= 0.6 is 0 Å². The summed E-state index contributed by atoms with van der Waals surface area (Å²) >= 11 is 0. The van der Waals surface area contributed by atoms with Crippen LogP contribution in [0.5, 0.6) is 0 Å². The molecule has 0 amide bonds. The fourth-order valence-corrected chi connectivity index (χ4v) is 2.02. The van der Waals surface area contributed by atoms with Gasteiger partial charge in [-0.25, -0.2) is 8.42 Å². The van der Waals surface area contributed by atoms with E-state index >= 15 is 0 Å². The number of rotatable bonds is 5. The number of nitrogens with zero attached hydrogens (tertiary/aromatic N) is 1. The lowest BCUT2D eigenvalue weighted by atomic mass is 9.97. The van der Waals surface area contributed by atoms with Crippen molar-refractivity contribution in [3.8, 4) is 6.07 Å². The van der Waals surface area contributed by atoms with Crippen LogP contribution in [0.25, 0.3) is 0 Å². The minimum absolute atomic E-state index is 0.0103. The Morgan fingerprint density at radius 2 is 1.77 bits per heavy atom. The topological polar surface area (TPSA) is 70.0 Å². The molecule has 1 N–H and O–H groups in total. The second-order valence-corrected chi connectivity index (χ2v) is 4.92. The van der Waals surface area contributed by atoms with E-state index in [2.05, 4.69) is 4.72 Å². The Morgan fingerprint density at radius 3 is 2.00 bits per heavy atom. The summed E-state index contributed by atoms with van der Waals surface area (Å²) in [6, 6.07) is 2.02. The van der Waals surface area contributed by atoms with Crippen LogP contribution in [0, 0.1) is 11.3 Å². The smallest absolute Gasteiger partial charge is 0.212 e. The maximum absolute atomic E-state index is 11.2. The zero-order valence-corrected chi connectivity index (χ0v) is 9.11. The highest BCUT2D eigenvalue weighted by Gasteiger charge is 2.30. The van der Waals surface area contributed by atoms with Gasteiger partial charge < -0.3 is 0 Å². The molecule has 0 fully saturated rings. The zero-order chi connectivity index (χ0) is 10.5. The molecule has 0 spiro atoms. The third kappa shape index (κ3) is 3.33. The molecule has 0 radical (unpaired) electrons. The summed E-state index contributed by atoms with van der Waals surface area (Å²) < 4.78 is 24.9. The summed E-state index contributed by atoms with van der Waals surface area (Å²) in [6.07, 6.45) is 0.971. The first-order valence-electron chi connectivity index (χ1n) is 4.38. The number of sulfonamides is 1. The van der Waals surface area contributed by atoms with Gasteiger partial charge in [-0.3, -0.25) is 0 Å². The van der Waals surface area contributed by atoms with Gasteiger partial charge in [-0.2, -0.15) is 9.98 Å². The van der Waals surface area contributed by atoms with E-state index in [1.807, 2.05) is 6.07 Å². The average molecular weight is 204 g/mol. The van der Waals surface area contributed by atoms with E-state index in [4.69, 9.17) is 5.26 Å². The Kier molecular flexibility index (Phi) is 4.37. The average Bonchev–Trinajstić information content (AvgIpc) is 2.14. The van der Waals surface area contributed by atoms with E-state index in [9.17, 15) is 8.42 Å². The molecule has 0 saturated carbocycles. The Balaban J connectivity index is 4.74. The molecule has 0 saturated heterocycles. The van der Waals surface area contributed by atoms with Crippen molar-refractivity contribution in [1.29, 1.82) is 5.26 Å². The molecule has 76 valence electrons. The van der Waals surface area contributed by atoms with Gasteiger partial charge in [0.1, 0.15) is 5.54 Å². The zero-order valence-electron chi connectivity index (χ0n) is 8.29. The van der Waals surface area contributed by atoms with Crippen LogP contribution < -0.4 is 4.72 Å². The molecule has 0 aromatic rings. The van der Waals surface area contributed by atoms with Gasteiger partial charge in [0.2, 0.25) is 10.0 Å². The predicted octanol–water partition coefficient (Wildman–Crippen LogP) is 1.01. The van der Waals surface area contributed by atoms with E-state index < -0.39 is 15.6 Å². The molecular weight excluding hydrogens is 188 g/mol. The summed E-state index contributed by atoms with van der Waals surface area (Å²) in [7, 11) is -3.29. The minimum Gasteiger partial charge on any atom is -0.212 e. The second-order valence-electron chi connectivity index (χ2n) is 2.91. The molecule has 0 aromatic carbocycles. The van der Waals surface area contributed by atoms with Crippen molar-refractivity contribution in [3.63, 3.8) is 0 Å². The molecular formula is C8H16N2O2S. The van der Waals surface area contributed by atoms with Gasteiger partial charge in [0, 0.05) is 0 Å². The van der Waals surface area contributed by atoms with Crippen molar-refractivity contribution in [2.24, 2.45) is 0 Å². The first-order chi connectivity index (χ1) is 5.95. The molecule has 0 rings (SSSR count). The molecule has 5 heteroatoms. The molecule has 0 bridgehead atoms. The van der Waals surface area contributed by atoms with E-state index in [1.165, 1.54) is 0 Å². The van der Waals surface area contributed by atoms with Crippen molar-refractivity contribution < 1.29 is 8.42 Å². The maximum atomic E-state index is 11.2. The molecule has 4 nitrogen and oxygen atoms in total. The summed E-state index contributed by atoms with van der Waals surface area (Å²) in [4.78, 5) is 0. The monoisotopic (exact) mass is 204 g/mol. The Labute approximate surface area is 80.0 Å². The molecule has 0 aromatic heterocycles. The molecule has 0 atom stereocenters. The standard InChI is InChI=1S/C8H16N2O2S/c1-4-8(5-2,7-9)10-13(11,12)6-3/h10H,4-6H2,1-3H3. The maximum Gasteiger partial charge on any atom is 0.212 e. The molecule has 0 aliphatic heterocycles. The largest absolute Gasteiger partial charge is 0.212 e. The lowest BCUT2D eigenvalue weighted by Crippen LogP contribution is -2.46. The predicted molar refractivity (Wildman–Crippen MR) is 51.5 cm³/mol. The van der Waals surface area contributed by atoms with Gasteiger partial charge in [-0.15, -0.1) is 0 Å². The fourth-order valence-electron chi connectivity index (χ4n) is 0.945. The van der Waals surface area contributed by atoms with Crippen LogP contribution in [0.1, 0.15) is 33.6 Å². The van der Waals surface area contributed by atoms with Gasteiger partial charge in [0.05, 0.1) is 11.8 Å². The summed E-state index contributed by atoms with van der Waals surface area (Å²) in [6.45, 7) is 5.14. The number of hydrogen-bond donors (Lipinski definition) is 1. The van der Waals surface area contributed by atoms with E-state index in [1.54, 1.807) is 20.8 Å². The summed E-state index contributed by atoms with van der Waals surface area (Å²) in [5.41, 5.74) is -0.922. The van der Waals surface area contributed by atoms with Crippen LogP contribution in [0.15, 0.2) is 0 Å². The van der Waals surface area contributed by atoms with Gasteiger partial charge in [0.25, 0.3) is 0 Å². The van der Waals surface area contributed by atoms with Crippen LogP contribution in [-0.2, 0) is 10.0 Å². The SMILES string of the molecule is CCC(C#N)(CC)NS(=O)(=O)CC. The van der Waals surface area contributed by atoms with Crippen molar-refractivity contribution in [2.45, 2.75) is 39.2 Å². The van der Waals surface area contributed by atoms with Gasteiger partial charge in [0.15, 0.2) is 0 Å². The van der Waals surface area contributed by atoms with Crippen LogP contribution in [-0.4, -0.2) is 19.7 Å². The Bertz CT molecular complexity index is 286. The highest BCUT2D eigenvalue weighted by molar-refractivity contribution is 7.89. The van der Waals surface area contributed by atoms with E-state index in [0.717, 1.165) is 0 Å². The number of nitrogens with one attached hydrogen (secondary N) is 1. The summed E-state index contributed by atoms with van der Waals surface area (Å²) in [5, 5.41) is 8.86. The van der Waals surface area contributed by atoms with E-state index in [0.29, 0.717) is 12.8 Å². The Morgan fingerprint density at radius 1 is 1.31 bits per heavy atom. The molecule has 0 heterocycles. The quantitative estimate of drug-likeness (QED) is 0.726. The van der Waals surface area contributed by atoms with Gasteiger partial charge in [-0.05, 0) is 19.8 Å². The minimum atomic E-state index is -3.29. The van der Waals surface area contributed by atoms with Crippen molar-refractivity contribution >= 4 is 10.0 Å². The van der Waals surface area contributed by atoms with Crippen LogP contribution in [0.4, 0.5) is 0 Å². The van der Waals surface area contributed by atoms with Gasteiger partial charge in [-0.1, -0.05) is 13.8 Å². The van der Waals surface area contributed by atoms with Crippen LogP contribution in [0.3, 0.4) is 0 Å². The Hall–Kier alpha value is -0.600. The van der Waals surface area contributed by atoms with Crippen molar-refractivity contribution in [1.82, 2.24) is 4.72 Å². The molecule has 0 unspecified atom stereocenters.